The van der Waals surface area contributed by atoms with Crippen LogP contribution in [0.2, 0.25) is 0 Å². The SMILES string of the molecule is c1ccc(-c2nc(-c3ccc(-c4nc(-c5ccccc5)n5c(-c6ccccc6)c6ccccc6c5n4)cc3)nc(-c3ccc4ccccc4c3)n2)cc1. The molecule has 0 aliphatic heterocycles. The molecule has 0 fully saturated rings. The van der Waals surface area contributed by atoms with Crippen molar-refractivity contribution in [3.63, 3.8) is 0 Å². The summed E-state index contributed by atoms with van der Waals surface area (Å²) in [6.45, 7) is 0. The molecule has 248 valence electrons. The van der Waals surface area contributed by atoms with Gasteiger partial charge in [0.25, 0.3) is 0 Å². The summed E-state index contributed by atoms with van der Waals surface area (Å²) in [5.41, 5.74) is 7.68. The molecule has 0 unspecified atom stereocenters. The zero-order valence-electron chi connectivity index (χ0n) is 28.5. The lowest BCUT2D eigenvalue weighted by Gasteiger charge is -2.12. The van der Waals surface area contributed by atoms with Crippen LogP contribution in [-0.4, -0.2) is 29.3 Å². The molecule has 0 spiro atoms. The number of hydrogen-bond acceptors (Lipinski definition) is 5. The Bertz CT molecular complexity index is 2920. The number of nitrogens with zero attached hydrogens (tertiary/aromatic N) is 6. The van der Waals surface area contributed by atoms with Gasteiger partial charge in [-0.2, -0.15) is 0 Å². The molecular weight excluding hydrogens is 649 g/mol. The summed E-state index contributed by atoms with van der Waals surface area (Å²) in [6, 6.07) is 62.2. The first kappa shape index (κ1) is 30.5. The van der Waals surface area contributed by atoms with Gasteiger partial charge in [-0.3, -0.25) is 4.40 Å². The van der Waals surface area contributed by atoms with Crippen LogP contribution < -0.4 is 0 Å². The third-order valence-electron chi connectivity index (χ3n) is 9.65. The molecule has 0 atom stereocenters. The van der Waals surface area contributed by atoms with Crippen molar-refractivity contribution < 1.29 is 0 Å². The predicted molar refractivity (Wildman–Crippen MR) is 214 cm³/mol. The second kappa shape index (κ2) is 12.8. The Morgan fingerprint density at radius 1 is 0.302 bits per heavy atom. The number of benzene rings is 7. The molecule has 0 amide bonds. The van der Waals surface area contributed by atoms with Crippen molar-refractivity contribution >= 4 is 27.2 Å². The number of hydrogen-bond donors (Lipinski definition) is 0. The molecular formula is C47H30N6. The van der Waals surface area contributed by atoms with Crippen molar-refractivity contribution in [3.8, 4) is 68.2 Å². The fourth-order valence-corrected chi connectivity index (χ4v) is 7.06. The molecule has 6 nitrogen and oxygen atoms in total. The highest BCUT2D eigenvalue weighted by atomic mass is 15.1. The third-order valence-corrected chi connectivity index (χ3v) is 9.65. The van der Waals surface area contributed by atoms with Crippen molar-refractivity contribution in [1.29, 1.82) is 0 Å². The number of fused-ring (bicyclic) bond motifs is 4. The van der Waals surface area contributed by atoms with Crippen molar-refractivity contribution in [2.45, 2.75) is 0 Å². The van der Waals surface area contributed by atoms with Crippen LogP contribution >= 0.6 is 0 Å². The zero-order valence-corrected chi connectivity index (χ0v) is 28.5. The van der Waals surface area contributed by atoms with E-state index in [2.05, 4.69) is 114 Å². The Labute approximate surface area is 305 Å². The first-order valence-corrected chi connectivity index (χ1v) is 17.6. The summed E-state index contributed by atoms with van der Waals surface area (Å²) in [5.74, 6) is 3.32. The average Bonchev–Trinajstić information content (AvgIpc) is 3.58. The van der Waals surface area contributed by atoms with E-state index in [9.17, 15) is 0 Å². The van der Waals surface area contributed by atoms with Crippen molar-refractivity contribution in [2.75, 3.05) is 0 Å². The lowest BCUT2D eigenvalue weighted by molar-refractivity contribution is 1.05. The quantitative estimate of drug-likeness (QED) is 0.175. The molecule has 7 aromatic carbocycles. The molecule has 10 rings (SSSR count). The lowest BCUT2D eigenvalue weighted by Crippen LogP contribution is -2.03. The van der Waals surface area contributed by atoms with Gasteiger partial charge >= 0.3 is 0 Å². The first-order chi connectivity index (χ1) is 26.3. The molecule has 6 heteroatoms. The van der Waals surface area contributed by atoms with Gasteiger partial charge in [-0.05, 0) is 22.4 Å². The maximum atomic E-state index is 5.27. The first-order valence-electron chi connectivity index (χ1n) is 17.6. The molecule has 0 aliphatic rings. The summed E-state index contributed by atoms with van der Waals surface area (Å²) in [5, 5.41) is 4.51. The predicted octanol–water partition coefficient (Wildman–Crippen LogP) is 11.2. The molecule has 0 bridgehead atoms. The minimum Gasteiger partial charge on any atom is -0.277 e. The van der Waals surface area contributed by atoms with Crippen LogP contribution in [0, 0.1) is 0 Å². The standard InChI is InChI=1S/C47H30N6/c1-4-15-32(16-5-1)41-39-22-12-13-23-40(39)47-52-44(51-46(53(41)47)36-19-8-3-9-20-36)35-27-25-34(26-28-35)43-48-42(33-17-6-2-7-18-33)49-45(50-43)38-29-24-31-14-10-11-21-37(31)30-38/h1-30H. The van der Waals surface area contributed by atoms with E-state index in [1.165, 1.54) is 5.39 Å². The van der Waals surface area contributed by atoms with E-state index in [0.29, 0.717) is 23.3 Å². The van der Waals surface area contributed by atoms with Crippen LogP contribution in [0.3, 0.4) is 0 Å². The van der Waals surface area contributed by atoms with Gasteiger partial charge in [0.2, 0.25) is 0 Å². The Hall–Kier alpha value is -7.31. The number of aromatic nitrogens is 6. The summed E-state index contributed by atoms with van der Waals surface area (Å²) in [4.78, 5) is 25.4. The van der Waals surface area contributed by atoms with E-state index in [4.69, 9.17) is 24.9 Å². The molecule has 0 radical (unpaired) electrons. The molecule has 53 heavy (non-hydrogen) atoms. The van der Waals surface area contributed by atoms with E-state index < -0.39 is 0 Å². The van der Waals surface area contributed by atoms with Gasteiger partial charge in [0, 0.05) is 38.6 Å². The molecule has 0 saturated heterocycles. The van der Waals surface area contributed by atoms with E-state index in [1.807, 2.05) is 72.8 Å². The minimum atomic E-state index is 0.597. The highest BCUT2D eigenvalue weighted by Gasteiger charge is 2.21. The largest absolute Gasteiger partial charge is 0.277 e. The normalized spacial score (nSPS) is 11.4. The van der Waals surface area contributed by atoms with Gasteiger partial charge < -0.3 is 0 Å². The van der Waals surface area contributed by atoms with E-state index >= 15 is 0 Å². The van der Waals surface area contributed by atoms with Crippen LogP contribution in [0.1, 0.15) is 0 Å². The fourth-order valence-electron chi connectivity index (χ4n) is 7.06. The summed E-state index contributed by atoms with van der Waals surface area (Å²) in [6.07, 6.45) is 0. The van der Waals surface area contributed by atoms with Crippen LogP contribution in [0.4, 0.5) is 0 Å². The van der Waals surface area contributed by atoms with Crippen LogP contribution in [0.15, 0.2) is 182 Å². The molecule has 0 N–H and O–H groups in total. The van der Waals surface area contributed by atoms with E-state index in [0.717, 1.165) is 66.7 Å². The van der Waals surface area contributed by atoms with Gasteiger partial charge in [-0.15, -0.1) is 0 Å². The maximum Gasteiger partial charge on any atom is 0.164 e. The molecule has 3 heterocycles. The average molecular weight is 679 g/mol. The topological polar surface area (TPSA) is 68.9 Å². The van der Waals surface area contributed by atoms with E-state index in [-0.39, 0.29) is 0 Å². The van der Waals surface area contributed by atoms with Crippen molar-refractivity contribution in [3.05, 3.63) is 182 Å². The van der Waals surface area contributed by atoms with Gasteiger partial charge in [-0.25, -0.2) is 24.9 Å². The highest BCUT2D eigenvalue weighted by Crippen LogP contribution is 2.38. The number of rotatable bonds is 6. The summed E-state index contributed by atoms with van der Waals surface area (Å²) < 4.78 is 2.21. The second-order valence-electron chi connectivity index (χ2n) is 13.0. The van der Waals surface area contributed by atoms with Gasteiger partial charge in [0.1, 0.15) is 11.5 Å². The monoisotopic (exact) mass is 678 g/mol. The third kappa shape index (κ3) is 5.50. The van der Waals surface area contributed by atoms with E-state index in [1.54, 1.807) is 0 Å². The molecule has 0 saturated carbocycles. The Balaban J connectivity index is 1.12. The van der Waals surface area contributed by atoms with Crippen LogP contribution in [-0.2, 0) is 0 Å². The zero-order chi connectivity index (χ0) is 35.1. The van der Waals surface area contributed by atoms with Crippen molar-refractivity contribution in [2.24, 2.45) is 0 Å². The Morgan fingerprint density at radius 3 is 1.40 bits per heavy atom. The van der Waals surface area contributed by atoms with Crippen LogP contribution in [0.25, 0.3) is 95.4 Å². The highest BCUT2D eigenvalue weighted by molar-refractivity contribution is 6.06. The van der Waals surface area contributed by atoms with Gasteiger partial charge in [-0.1, -0.05) is 176 Å². The Morgan fingerprint density at radius 2 is 0.755 bits per heavy atom. The lowest BCUT2D eigenvalue weighted by atomic mass is 10.1. The Kier molecular flexibility index (Phi) is 7.36. The van der Waals surface area contributed by atoms with Gasteiger partial charge in [0.15, 0.2) is 23.3 Å². The molecule has 0 aliphatic carbocycles. The van der Waals surface area contributed by atoms with Gasteiger partial charge in [0.05, 0.1) is 5.69 Å². The summed E-state index contributed by atoms with van der Waals surface area (Å²) in [7, 11) is 0. The minimum absolute atomic E-state index is 0.597. The summed E-state index contributed by atoms with van der Waals surface area (Å²) >= 11 is 0. The smallest absolute Gasteiger partial charge is 0.164 e. The fraction of sp³-hybridized carbons (Fsp3) is 0. The van der Waals surface area contributed by atoms with Crippen LogP contribution in [0.5, 0.6) is 0 Å². The molecule has 3 aromatic heterocycles. The maximum absolute atomic E-state index is 5.27. The molecule has 10 aromatic rings. The van der Waals surface area contributed by atoms with Crippen molar-refractivity contribution in [1.82, 2.24) is 29.3 Å². The second-order valence-corrected chi connectivity index (χ2v) is 13.0.